The summed E-state index contributed by atoms with van der Waals surface area (Å²) in [6.07, 6.45) is 1.46. The molecule has 0 saturated heterocycles. The molecular formula is C20H14Cl2N6O. The zero-order valence-electron chi connectivity index (χ0n) is 15.1. The molecule has 0 spiro atoms. The van der Waals surface area contributed by atoms with Crippen LogP contribution >= 0.6 is 23.2 Å². The van der Waals surface area contributed by atoms with Crippen molar-refractivity contribution < 1.29 is 4.79 Å². The number of nitrogens with two attached hydrogens (primary N) is 1. The third kappa shape index (κ3) is 2.86. The number of nitrogen functional groups attached to an aromatic ring is 1. The predicted molar refractivity (Wildman–Crippen MR) is 114 cm³/mol. The van der Waals surface area contributed by atoms with Gasteiger partial charge in [-0.3, -0.25) is 4.79 Å². The van der Waals surface area contributed by atoms with Gasteiger partial charge in [-0.2, -0.15) is 5.10 Å². The highest BCUT2D eigenvalue weighted by molar-refractivity contribution is 6.42. The average molecular weight is 425 g/mol. The number of ketones is 1. The first-order valence-corrected chi connectivity index (χ1v) is 9.49. The molecular weight excluding hydrogens is 411 g/mol. The summed E-state index contributed by atoms with van der Waals surface area (Å²) < 4.78 is 1.53. The Morgan fingerprint density at radius 1 is 1.07 bits per heavy atom. The Hall–Kier alpha value is -3.29. The van der Waals surface area contributed by atoms with Crippen LogP contribution in [0.1, 0.15) is 21.9 Å². The monoisotopic (exact) mass is 424 g/mol. The van der Waals surface area contributed by atoms with Crippen LogP contribution in [-0.4, -0.2) is 30.5 Å². The molecule has 0 aliphatic heterocycles. The van der Waals surface area contributed by atoms with E-state index in [1.165, 1.54) is 10.9 Å². The van der Waals surface area contributed by atoms with Gasteiger partial charge in [-0.25, -0.2) is 9.67 Å². The Bertz CT molecular complexity index is 1390. The fraction of sp³-hybridized carbons (Fsp3) is 0.0500. The van der Waals surface area contributed by atoms with Gasteiger partial charge < -0.3 is 15.7 Å². The Balaban J connectivity index is 1.55. The van der Waals surface area contributed by atoms with Crippen LogP contribution in [0.5, 0.6) is 0 Å². The van der Waals surface area contributed by atoms with Crippen LogP contribution in [0.3, 0.4) is 0 Å². The van der Waals surface area contributed by atoms with E-state index >= 15 is 0 Å². The number of benzene rings is 2. The van der Waals surface area contributed by atoms with Crippen molar-refractivity contribution in [2.45, 2.75) is 6.92 Å². The van der Waals surface area contributed by atoms with Gasteiger partial charge in [0, 0.05) is 10.9 Å². The van der Waals surface area contributed by atoms with Crippen molar-refractivity contribution in [1.82, 2.24) is 24.7 Å². The van der Waals surface area contributed by atoms with Crippen LogP contribution in [0, 0.1) is 6.92 Å². The molecule has 0 saturated carbocycles. The quantitative estimate of drug-likeness (QED) is 0.366. The molecule has 2 aromatic carbocycles. The molecule has 0 unspecified atom stereocenters. The zero-order chi connectivity index (χ0) is 20.3. The number of fused-ring (bicyclic) bond motifs is 2. The van der Waals surface area contributed by atoms with Gasteiger partial charge in [-0.15, -0.1) is 0 Å². The number of rotatable bonds is 3. The van der Waals surface area contributed by atoms with E-state index in [4.69, 9.17) is 28.9 Å². The minimum Gasteiger partial charge on any atom is -0.383 e. The first-order chi connectivity index (χ1) is 13.9. The van der Waals surface area contributed by atoms with E-state index in [1.54, 1.807) is 18.2 Å². The summed E-state index contributed by atoms with van der Waals surface area (Å²) in [5.41, 5.74) is 10.1. The molecule has 0 aliphatic carbocycles. The topological polar surface area (TPSA) is 105 Å². The Kier molecular flexibility index (Phi) is 3.90. The number of halogens is 2. The van der Waals surface area contributed by atoms with E-state index < -0.39 is 0 Å². The van der Waals surface area contributed by atoms with E-state index in [-0.39, 0.29) is 11.6 Å². The summed E-state index contributed by atoms with van der Waals surface area (Å²) in [7, 11) is 0. The maximum atomic E-state index is 13.0. The molecule has 0 radical (unpaired) electrons. The Labute approximate surface area is 174 Å². The van der Waals surface area contributed by atoms with Crippen LogP contribution < -0.4 is 5.73 Å². The molecule has 5 rings (SSSR count). The molecule has 0 amide bonds. The highest BCUT2D eigenvalue weighted by Crippen LogP contribution is 2.29. The van der Waals surface area contributed by atoms with Crippen LogP contribution in [0.2, 0.25) is 10.0 Å². The summed E-state index contributed by atoms with van der Waals surface area (Å²) in [6.45, 7) is 1.89. The lowest BCUT2D eigenvalue weighted by Gasteiger charge is -2.05. The lowest BCUT2D eigenvalue weighted by Crippen LogP contribution is -2.07. The molecule has 9 heteroatoms. The van der Waals surface area contributed by atoms with Crippen LogP contribution in [0.15, 0.2) is 42.6 Å². The second kappa shape index (κ2) is 6.37. The van der Waals surface area contributed by atoms with Crippen LogP contribution in [0.4, 0.5) is 5.82 Å². The second-order valence-electron chi connectivity index (χ2n) is 6.74. The molecule has 4 N–H and O–H groups in total. The minimum atomic E-state index is -0.268. The van der Waals surface area contributed by atoms with Crippen LogP contribution in [-0.2, 0) is 0 Å². The van der Waals surface area contributed by atoms with E-state index in [0.29, 0.717) is 26.8 Å². The number of carbonyl (C=O) groups excluding carboxylic acids is 1. The smallest absolute Gasteiger partial charge is 0.214 e. The maximum Gasteiger partial charge on any atom is 0.214 e. The van der Waals surface area contributed by atoms with Gasteiger partial charge in [-0.1, -0.05) is 23.2 Å². The highest BCUT2D eigenvalue weighted by Gasteiger charge is 2.20. The lowest BCUT2D eigenvalue weighted by atomic mass is 10.1. The standard InChI is InChI=1S/C20H14Cl2N6O/c1-9-25-15-3-2-11(6-17(15)26-9)28-20(23)12(8-24-28)19(29)18-5-10-4-13(21)14(22)7-16(10)27-18/h2-8,27H,23H2,1H3,(H,25,26). The first-order valence-electron chi connectivity index (χ1n) is 8.73. The molecule has 0 fully saturated rings. The molecule has 0 aliphatic rings. The van der Waals surface area contributed by atoms with Gasteiger partial charge in [0.1, 0.15) is 11.6 Å². The number of H-pyrrole nitrogens is 2. The van der Waals surface area contributed by atoms with E-state index in [1.807, 2.05) is 25.1 Å². The molecule has 3 aromatic heterocycles. The fourth-order valence-corrected chi connectivity index (χ4v) is 3.73. The molecule has 3 heterocycles. The van der Waals surface area contributed by atoms with E-state index in [0.717, 1.165) is 27.9 Å². The second-order valence-corrected chi connectivity index (χ2v) is 7.56. The first kappa shape index (κ1) is 17.8. The van der Waals surface area contributed by atoms with Crippen molar-refractivity contribution in [2.24, 2.45) is 0 Å². The molecule has 5 aromatic rings. The number of hydrogen-bond donors (Lipinski definition) is 3. The third-order valence-corrected chi connectivity index (χ3v) is 5.51. The van der Waals surface area contributed by atoms with Gasteiger partial charge in [0.05, 0.1) is 44.2 Å². The highest BCUT2D eigenvalue weighted by atomic mass is 35.5. The van der Waals surface area contributed by atoms with Gasteiger partial charge in [0.2, 0.25) is 5.78 Å². The van der Waals surface area contributed by atoms with Gasteiger partial charge in [0.25, 0.3) is 0 Å². The molecule has 0 atom stereocenters. The van der Waals surface area contributed by atoms with Crippen molar-refractivity contribution in [3.63, 3.8) is 0 Å². The molecule has 7 nitrogen and oxygen atoms in total. The van der Waals surface area contributed by atoms with Crippen molar-refractivity contribution in [1.29, 1.82) is 0 Å². The number of carbonyl (C=O) groups is 1. The minimum absolute atomic E-state index is 0.250. The Morgan fingerprint density at radius 3 is 2.69 bits per heavy atom. The third-order valence-electron chi connectivity index (χ3n) is 4.79. The number of hydrogen-bond acceptors (Lipinski definition) is 4. The van der Waals surface area contributed by atoms with Gasteiger partial charge in [-0.05, 0) is 43.3 Å². The average Bonchev–Trinajstić information content (AvgIpc) is 3.36. The van der Waals surface area contributed by atoms with Gasteiger partial charge >= 0.3 is 0 Å². The number of anilines is 1. The SMILES string of the molecule is Cc1nc2ccc(-n3ncc(C(=O)c4cc5cc(Cl)c(Cl)cc5[nH]4)c3N)cc2[nH]1. The van der Waals surface area contributed by atoms with E-state index in [2.05, 4.69) is 20.1 Å². The van der Waals surface area contributed by atoms with Crippen LogP contribution in [0.25, 0.3) is 27.6 Å². The fourth-order valence-electron chi connectivity index (χ4n) is 3.39. The number of nitrogens with one attached hydrogen (secondary N) is 2. The predicted octanol–water partition coefficient (Wildman–Crippen LogP) is 4.66. The van der Waals surface area contributed by atoms with Crippen molar-refractivity contribution in [3.05, 3.63) is 69.7 Å². The summed E-state index contributed by atoms with van der Waals surface area (Å²) in [5.74, 6) is 0.802. The summed E-state index contributed by atoms with van der Waals surface area (Å²) >= 11 is 12.1. The summed E-state index contributed by atoms with van der Waals surface area (Å²) in [5, 5.41) is 5.93. The number of aryl methyl sites for hydroxylation is 1. The number of imidazole rings is 1. The van der Waals surface area contributed by atoms with Crippen molar-refractivity contribution >= 4 is 56.7 Å². The number of nitrogens with zero attached hydrogens (tertiary/aromatic N) is 3. The molecule has 0 bridgehead atoms. The van der Waals surface area contributed by atoms with Gasteiger partial charge in [0.15, 0.2) is 0 Å². The molecule has 144 valence electrons. The van der Waals surface area contributed by atoms with E-state index in [9.17, 15) is 4.79 Å². The zero-order valence-corrected chi connectivity index (χ0v) is 16.6. The Morgan fingerprint density at radius 2 is 1.86 bits per heavy atom. The largest absolute Gasteiger partial charge is 0.383 e. The summed E-state index contributed by atoms with van der Waals surface area (Å²) in [6, 6.07) is 10.7. The number of aromatic amines is 2. The maximum absolute atomic E-state index is 13.0. The normalized spacial score (nSPS) is 11.6. The number of aromatic nitrogens is 5. The lowest BCUT2D eigenvalue weighted by molar-refractivity contribution is 0.103. The van der Waals surface area contributed by atoms with Crippen molar-refractivity contribution in [2.75, 3.05) is 5.73 Å². The molecule has 29 heavy (non-hydrogen) atoms. The van der Waals surface area contributed by atoms with Crippen molar-refractivity contribution in [3.8, 4) is 5.69 Å². The summed E-state index contributed by atoms with van der Waals surface area (Å²) in [4.78, 5) is 23.7.